The van der Waals surface area contributed by atoms with Crippen LogP contribution in [0.15, 0.2) is 30.0 Å². The summed E-state index contributed by atoms with van der Waals surface area (Å²) in [5.41, 5.74) is 6.78. The van der Waals surface area contributed by atoms with Gasteiger partial charge >= 0.3 is 0 Å². The van der Waals surface area contributed by atoms with Crippen molar-refractivity contribution in [2.45, 2.75) is 40.0 Å². The third-order valence-electron chi connectivity index (χ3n) is 4.54. The fourth-order valence-corrected chi connectivity index (χ4v) is 3.09. The number of hydrogen-bond acceptors (Lipinski definition) is 1. The van der Waals surface area contributed by atoms with Crippen LogP contribution in [-0.4, -0.2) is 4.98 Å². The van der Waals surface area contributed by atoms with E-state index in [2.05, 4.69) is 57.8 Å². The van der Waals surface area contributed by atoms with Gasteiger partial charge in [-0.05, 0) is 43.4 Å². The van der Waals surface area contributed by atoms with Crippen molar-refractivity contribution >= 4 is 16.3 Å². The molecule has 1 aliphatic carbocycles. The minimum atomic E-state index is 0.102. The van der Waals surface area contributed by atoms with Crippen molar-refractivity contribution in [3.8, 4) is 0 Å². The highest BCUT2D eigenvalue weighted by Crippen LogP contribution is 2.45. The smallest absolute Gasteiger partial charge is 0.0739 e. The maximum atomic E-state index is 4.61. The zero-order valence-corrected chi connectivity index (χ0v) is 11.8. The lowest BCUT2D eigenvalue weighted by Crippen LogP contribution is -2.24. The van der Waals surface area contributed by atoms with Gasteiger partial charge in [-0.15, -0.1) is 0 Å². The predicted molar refractivity (Wildman–Crippen MR) is 77.8 cm³/mol. The van der Waals surface area contributed by atoms with Crippen molar-refractivity contribution in [3.05, 3.63) is 46.8 Å². The van der Waals surface area contributed by atoms with Gasteiger partial charge in [0.05, 0.1) is 5.69 Å². The van der Waals surface area contributed by atoms with Gasteiger partial charge in [0.25, 0.3) is 0 Å². The van der Waals surface area contributed by atoms with Gasteiger partial charge in [-0.25, -0.2) is 0 Å². The van der Waals surface area contributed by atoms with Crippen LogP contribution in [0.2, 0.25) is 0 Å². The van der Waals surface area contributed by atoms with E-state index in [1.807, 2.05) is 6.20 Å². The van der Waals surface area contributed by atoms with E-state index in [1.54, 1.807) is 0 Å². The van der Waals surface area contributed by atoms with E-state index in [4.69, 9.17) is 0 Å². The first-order valence-corrected chi connectivity index (χ1v) is 6.51. The number of hydrogen-bond donors (Lipinski definition) is 0. The van der Waals surface area contributed by atoms with Crippen LogP contribution in [0.1, 0.15) is 44.5 Å². The van der Waals surface area contributed by atoms with Gasteiger partial charge in [-0.1, -0.05) is 37.1 Å². The molecule has 0 saturated heterocycles. The summed E-state index contributed by atoms with van der Waals surface area (Å²) in [5, 5.41) is 2.66. The van der Waals surface area contributed by atoms with Gasteiger partial charge in [0.1, 0.15) is 0 Å². The summed E-state index contributed by atoms with van der Waals surface area (Å²) in [6, 6.07) is 6.71. The van der Waals surface area contributed by atoms with Crippen LogP contribution in [0.25, 0.3) is 16.3 Å². The Morgan fingerprint density at radius 2 is 1.78 bits per heavy atom. The Morgan fingerprint density at radius 3 is 2.50 bits per heavy atom. The summed E-state index contributed by atoms with van der Waals surface area (Å²) >= 11 is 0. The first-order valence-electron chi connectivity index (χ1n) is 6.51. The van der Waals surface area contributed by atoms with Gasteiger partial charge in [0.15, 0.2) is 0 Å². The number of nitrogens with zero attached hydrogens (tertiary/aromatic N) is 1. The summed E-state index contributed by atoms with van der Waals surface area (Å²) in [6.45, 7) is 11.2. The molecule has 1 heterocycles. The van der Waals surface area contributed by atoms with Crippen molar-refractivity contribution in [2.24, 2.45) is 0 Å². The molecule has 0 radical (unpaired) electrons. The molecule has 1 aromatic carbocycles. The minimum Gasteiger partial charge on any atom is -0.256 e. The second-order valence-electron chi connectivity index (χ2n) is 5.95. The van der Waals surface area contributed by atoms with Crippen molar-refractivity contribution in [2.75, 3.05) is 0 Å². The Kier molecular flexibility index (Phi) is 2.19. The summed E-state index contributed by atoms with van der Waals surface area (Å²) in [6.07, 6.45) is 1.93. The molecule has 1 nitrogen and oxygen atoms in total. The van der Waals surface area contributed by atoms with E-state index in [1.165, 1.54) is 38.7 Å². The van der Waals surface area contributed by atoms with Gasteiger partial charge in [0, 0.05) is 17.0 Å². The highest BCUT2D eigenvalue weighted by atomic mass is 14.7. The molecule has 0 amide bonds. The molecule has 0 spiro atoms. The molecule has 92 valence electrons. The largest absolute Gasteiger partial charge is 0.256 e. The molecule has 2 aromatic rings. The van der Waals surface area contributed by atoms with Gasteiger partial charge in [-0.2, -0.15) is 0 Å². The molecule has 0 atom stereocenters. The third kappa shape index (κ3) is 1.30. The SMILES string of the molecule is CC1=C(C)C(C)(C)c2cc(C)cc3ccnc1c23. The Labute approximate surface area is 109 Å². The molecular formula is C17H19N. The molecule has 1 aliphatic rings. The molecule has 18 heavy (non-hydrogen) atoms. The van der Waals surface area contributed by atoms with Crippen LogP contribution in [0.5, 0.6) is 0 Å². The van der Waals surface area contributed by atoms with E-state index in [0.29, 0.717) is 0 Å². The molecule has 0 unspecified atom stereocenters. The average Bonchev–Trinajstić information content (AvgIpc) is 2.33. The topological polar surface area (TPSA) is 12.9 Å². The molecule has 0 fully saturated rings. The Balaban J connectivity index is 2.57. The van der Waals surface area contributed by atoms with Crippen molar-refractivity contribution in [1.82, 2.24) is 4.98 Å². The summed E-state index contributed by atoms with van der Waals surface area (Å²) in [5.74, 6) is 0. The Hall–Kier alpha value is -1.63. The number of aromatic nitrogens is 1. The van der Waals surface area contributed by atoms with E-state index < -0.39 is 0 Å². The van der Waals surface area contributed by atoms with Gasteiger partial charge in [0.2, 0.25) is 0 Å². The minimum absolute atomic E-state index is 0.102. The van der Waals surface area contributed by atoms with Crippen LogP contribution in [0.3, 0.4) is 0 Å². The first-order chi connectivity index (χ1) is 8.43. The fourth-order valence-electron chi connectivity index (χ4n) is 3.09. The number of pyridine rings is 1. The molecule has 0 bridgehead atoms. The third-order valence-corrected chi connectivity index (χ3v) is 4.54. The normalized spacial score (nSPS) is 17.4. The highest BCUT2D eigenvalue weighted by molar-refractivity contribution is 5.98. The quantitative estimate of drug-likeness (QED) is 0.651. The van der Waals surface area contributed by atoms with E-state index >= 15 is 0 Å². The van der Waals surface area contributed by atoms with E-state index in [9.17, 15) is 0 Å². The lowest BCUT2D eigenvalue weighted by molar-refractivity contribution is 0.625. The van der Waals surface area contributed by atoms with Crippen LogP contribution < -0.4 is 0 Å². The maximum absolute atomic E-state index is 4.61. The van der Waals surface area contributed by atoms with E-state index in [-0.39, 0.29) is 5.41 Å². The van der Waals surface area contributed by atoms with E-state index in [0.717, 1.165) is 0 Å². The molecule has 0 N–H and O–H groups in total. The van der Waals surface area contributed by atoms with Crippen molar-refractivity contribution in [3.63, 3.8) is 0 Å². The van der Waals surface area contributed by atoms with Crippen molar-refractivity contribution < 1.29 is 0 Å². The second-order valence-corrected chi connectivity index (χ2v) is 5.95. The van der Waals surface area contributed by atoms with Crippen LogP contribution in [-0.2, 0) is 5.41 Å². The lowest BCUT2D eigenvalue weighted by Gasteiger charge is -2.34. The highest BCUT2D eigenvalue weighted by Gasteiger charge is 2.32. The lowest BCUT2D eigenvalue weighted by atomic mass is 9.70. The zero-order valence-electron chi connectivity index (χ0n) is 11.8. The fraction of sp³-hybridized carbons (Fsp3) is 0.353. The van der Waals surface area contributed by atoms with Crippen LogP contribution in [0, 0.1) is 6.92 Å². The summed E-state index contributed by atoms with van der Waals surface area (Å²) < 4.78 is 0. The van der Waals surface area contributed by atoms with Crippen LogP contribution >= 0.6 is 0 Å². The molecule has 1 heteroatoms. The zero-order chi connectivity index (χ0) is 13.1. The first kappa shape index (κ1) is 11.5. The van der Waals surface area contributed by atoms with Gasteiger partial charge in [-0.3, -0.25) is 4.98 Å². The summed E-state index contributed by atoms with van der Waals surface area (Å²) in [7, 11) is 0. The number of benzene rings is 1. The molecule has 1 aromatic heterocycles. The van der Waals surface area contributed by atoms with Gasteiger partial charge < -0.3 is 0 Å². The molecule has 3 rings (SSSR count). The Morgan fingerprint density at radius 1 is 1.06 bits per heavy atom. The standard InChI is InChI=1S/C17H19N/c1-10-8-13-6-7-18-16-11(2)12(3)17(4,5)14(9-10)15(13)16/h6-9H,1-5H3. The monoisotopic (exact) mass is 237 g/mol. The number of rotatable bonds is 0. The molecule has 0 saturated carbocycles. The van der Waals surface area contributed by atoms with Crippen molar-refractivity contribution in [1.29, 1.82) is 0 Å². The summed E-state index contributed by atoms with van der Waals surface area (Å²) in [4.78, 5) is 4.61. The number of allylic oxidation sites excluding steroid dienone is 2. The average molecular weight is 237 g/mol. The maximum Gasteiger partial charge on any atom is 0.0739 e. The Bertz CT molecular complexity index is 690. The number of aryl methyl sites for hydroxylation is 1. The molecular weight excluding hydrogens is 218 g/mol. The molecule has 0 aliphatic heterocycles. The van der Waals surface area contributed by atoms with Crippen LogP contribution in [0.4, 0.5) is 0 Å². The second kappa shape index (κ2) is 3.44. The predicted octanol–water partition coefficient (Wildman–Crippen LogP) is 4.63.